The zero-order valence-corrected chi connectivity index (χ0v) is 18.4. The quantitative estimate of drug-likeness (QED) is 0.738. The van der Waals surface area contributed by atoms with Crippen molar-refractivity contribution in [2.24, 2.45) is 0 Å². The minimum absolute atomic E-state index is 0.0872. The number of sulfone groups is 1. The van der Waals surface area contributed by atoms with Gasteiger partial charge in [0.15, 0.2) is 9.84 Å². The molecule has 1 fully saturated rings. The highest BCUT2D eigenvalue weighted by Gasteiger charge is 2.32. The Balaban J connectivity index is 1.44. The van der Waals surface area contributed by atoms with Crippen LogP contribution in [-0.4, -0.2) is 48.6 Å². The molecule has 6 nitrogen and oxygen atoms in total. The molecule has 0 saturated heterocycles. The van der Waals surface area contributed by atoms with Crippen LogP contribution >= 0.6 is 0 Å². The first-order valence-electron chi connectivity index (χ1n) is 11.0. The van der Waals surface area contributed by atoms with Gasteiger partial charge in [0, 0.05) is 30.9 Å². The second-order valence-corrected chi connectivity index (χ2v) is 10.5. The number of amides is 1. The number of H-pyrrole nitrogens is 1. The molecule has 1 amide bonds. The van der Waals surface area contributed by atoms with Crippen molar-refractivity contribution in [2.45, 2.75) is 69.0 Å². The molecule has 1 aliphatic carbocycles. The molecule has 1 aliphatic heterocycles. The van der Waals surface area contributed by atoms with Crippen molar-refractivity contribution in [3.63, 3.8) is 0 Å². The SMILES string of the molecule is CCN(C(=O)c1cc2c([nH]1)CCCS2(=O)=O)C1CCCC(NCc2ccccc2)C1. The number of aromatic amines is 1. The Hall–Kier alpha value is -2.12. The van der Waals surface area contributed by atoms with Crippen LogP contribution in [-0.2, 0) is 22.8 Å². The summed E-state index contributed by atoms with van der Waals surface area (Å²) in [5, 5.41) is 3.65. The van der Waals surface area contributed by atoms with E-state index >= 15 is 0 Å². The van der Waals surface area contributed by atoms with Crippen LogP contribution in [0.1, 0.15) is 60.8 Å². The number of rotatable bonds is 6. The van der Waals surface area contributed by atoms with Crippen molar-refractivity contribution in [3.05, 3.63) is 53.3 Å². The number of carbonyl (C=O) groups is 1. The minimum Gasteiger partial charge on any atom is -0.353 e. The summed E-state index contributed by atoms with van der Waals surface area (Å²) in [6.07, 6.45) is 5.40. The highest BCUT2D eigenvalue weighted by Crippen LogP contribution is 2.28. The van der Waals surface area contributed by atoms with E-state index in [2.05, 4.69) is 22.4 Å². The van der Waals surface area contributed by atoms with Crippen LogP contribution in [0.4, 0.5) is 0 Å². The maximum atomic E-state index is 13.3. The normalized spacial score (nSPS) is 23.0. The van der Waals surface area contributed by atoms with Gasteiger partial charge in [-0.1, -0.05) is 30.3 Å². The Morgan fingerprint density at radius 1 is 1.20 bits per heavy atom. The van der Waals surface area contributed by atoms with Crippen LogP contribution in [0.15, 0.2) is 41.3 Å². The van der Waals surface area contributed by atoms with Gasteiger partial charge in [-0.3, -0.25) is 4.79 Å². The van der Waals surface area contributed by atoms with Gasteiger partial charge in [0.2, 0.25) is 0 Å². The van der Waals surface area contributed by atoms with E-state index in [1.165, 1.54) is 5.56 Å². The van der Waals surface area contributed by atoms with Gasteiger partial charge in [-0.15, -0.1) is 0 Å². The molecule has 1 saturated carbocycles. The number of hydrogen-bond acceptors (Lipinski definition) is 4. The van der Waals surface area contributed by atoms with Crippen molar-refractivity contribution >= 4 is 15.7 Å². The summed E-state index contributed by atoms with van der Waals surface area (Å²) in [6, 6.07) is 12.5. The lowest BCUT2D eigenvalue weighted by molar-refractivity contribution is 0.0622. The number of hydrogen-bond donors (Lipinski definition) is 2. The first kappa shape index (κ1) is 21.1. The van der Waals surface area contributed by atoms with Gasteiger partial charge in [-0.05, 0) is 57.1 Å². The number of carbonyl (C=O) groups excluding carboxylic acids is 1. The first-order chi connectivity index (χ1) is 14.5. The van der Waals surface area contributed by atoms with Crippen molar-refractivity contribution in [1.82, 2.24) is 15.2 Å². The molecule has 2 atom stereocenters. The third-order valence-electron chi connectivity index (χ3n) is 6.39. The van der Waals surface area contributed by atoms with E-state index in [1.54, 1.807) is 6.07 Å². The second-order valence-electron chi connectivity index (χ2n) is 8.42. The Bertz CT molecular complexity index is 984. The number of nitrogens with one attached hydrogen (secondary N) is 2. The summed E-state index contributed by atoms with van der Waals surface area (Å²) >= 11 is 0. The molecule has 7 heteroatoms. The van der Waals surface area contributed by atoms with E-state index in [0.717, 1.165) is 32.2 Å². The zero-order chi connectivity index (χ0) is 21.1. The van der Waals surface area contributed by atoms with Crippen LogP contribution in [0.2, 0.25) is 0 Å². The molecule has 162 valence electrons. The summed E-state index contributed by atoms with van der Waals surface area (Å²) in [5.74, 6) is 0.0798. The molecular formula is C23H31N3O3S. The molecular weight excluding hydrogens is 398 g/mol. The van der Waals surface area contributed by atoms with Gasteiger partial charge in [-0.2, -0.15) is 0 Å². The van der Waals surface area contributed by atoms with Crippen LogP contribution < -0.4 is 5.32 Å². The monoisotopic (exact) mass is 429 g/mol. The largest absolute Gasteiger partial charge is 0.353 e. The Kier molecular flexibility index (Phi) is 6.29. The number of aryl methyl sites for hydroxylation is 1. The van der Waals surface area contributed by atoms with E-state index in [0.29, 0.717) is 41.7 Å². The number of benzene rings is 1. The van der Waals surface area contributed by atoms with Crippen LogP contribution in [0.3, 0.4) is 0 Å². The Morgan fingerprint density at radius 2 is 2.00 bits per heavy atom. The van der Waals surface area contributed by atoms with E-state index in [9.17, 15) is 13.2 Å². The maximum Gasteiger partial charge on any atom is 0.270 e. The fourth-order valence-electron chi connectivity index (χ4n) is 4.82. The molecule has 0 radical (unpaired) electrons. The highest BCUT2D eigenvalue weighted by atomic mass is 32.2. The van der Waals surface area contributed by atoms with Crippen LogP contribution in [0, 0.1) is 0 Å². The molecule has 30 heavy (non-hydrogen) atoms. The van der Waals surface area contributed by atoms with Gasteiger partial charge in [0.1, 0.15) is 5.69 Å². The molecule has 2 aliphatic rings. The number of nitrogens with zero attached hydrogens (tertiary/aromatic N) is 1. The fourth-order valence-corrected chi connectivity index (χ4v) is 6.39. The predicted molar refractivity (Wildman–Crippen MR) is 117 cm³/mol. The summed E-state index contributed by atoms with van der Waals surface area (Å²) in [5.41, 5.74) is 2.36. The molecule has 2 heterocycles. The Labute approximate surface area is 179 Å². The fraction of sp³-hybridized carbons (Fsp3) is 0.522. The standard InChI is InChI=1S/C23H31N3O3S/c1-2-26(23(27)21-15-22-20(25-21)12-7-13-30(22,28)29)19-11-6-10-18(14-19)24-16-17-8-4-3-5-9-17/h3-5,8-9,15,18-19,24-25H,2,6-7,10-14,16H2,1H3. The number of fused-ring (bicyclic) bond motifs is 1. The lowest BCUT2D eigenvalue weighted by Gasteiger charge is -2.37. The lowest BCUT2D eigenvalue weighted by atomic mass is 9.89. The average molecular weight is 430 g/mol. The smallest absolute Gasteiger partial charge is 0.270 e. The second kappa shape index (κ2) is 8.94. The third kappa shape index (κ3) is 4.47. The van der Waals surface area contributed by atoms with Crippen LogP contribution in [0.5, 0.6) is 0 Å². The molecule has 0 spiro atoms. The maximum absolute atomic E-state index is 13.3. The minimum atomic E-state index is -3.27. The van der Waals surface area contributed by atoms with E-state index in [4.69, 9.17) is 0 Å². The van der Waals surface area contributed by atoms with Crippen LogP contribution in [0.25, 0.3) is 0 Å². The molecule has 4 rings (SSSR count). The highest BCUT2D eigenvalue weighted by molar-refractivity contribution is 7.91. The van der Waals surface area contributed by atoms with Gasteiger partial charge >= 0.3 is 0 Å². The Morgan fingerprint density at radius 3 is 2.73 bits per heavy atom. The first-order valence-corrected chi connectivity index (χ1v) is 12.7. The van der Waals surface area contributed by atoms with Gasteiger partial charge < -0.3 is 15.2 Å². The van der Waals surface area contributed by atoms with Gasteiger partial charge in [0.25, 0.3) is 5.91 Å². The molecule has 2 unspecified atom stereocenters. The van der Waals surface area contributed by atoms with Gasteiger partial charge in [-0.25, -0.2) is 8.42 Å². The lowest BCUT2D eigenvalue weighted by Crippen LogP contribution is -2.46. The summed E-state index contributed by atoms with van der Waals surface area (Å²) in [6.45, 7) is 3.45. The molecule has 2 aromatic rings. The molecule has 0 bridgehead atoms. The summed E-state index contributed by atoms with van der Waals surface area (Å²) in [7, 11) is -3.27. The third-order valence-corrected chi connectivity index (χ3v) is 8.25. The van der Waals surface area contributed by atoms with Crippen molar-refractivity contribution < 1.29 is 13.2 Å². The van der Waals surface area contributed by atoms with Crippen molar-refractivity contribution in [2.75, 3.05) is 12.3 Å². The molecule has 1 aromatic carbocycles. The predicted octanol–water partition coefficient (Wildman–Crippen LogP) is 3.30. The van der Waals surface area contributed by atoms with Crippen molar-refractivity contribution in [3.8, 4) is 0 Å². The summed E-state index contributed by atoms with van der Waals surface area (Å²) < 4.78 is 24.7. The zero-order valence-electron chi connectivity index (χ0n) is 17.6. The van der Waals surface area contributed by atoms with Crippen molar-refractivity contribution in [1.29, 1.82) is 0 Å². The molecule has 2 N–H and O–H groups in total. The van der Waals surface area contributed by atoms with E-state index < -0.39 is 9.84 Å². The van der Waals surface area contributed by atoms with Gasteiger partial charge in [0.05, 0.1) is 10.6 Å². The average Bonchev–Trinajstić information content (AvgIpc) is 3.20. The number of aromatic nitrogens is 1. The van der Waals surface area contributed by atoms with E-state index in [-0.39, 0.29) is 17.7 Å². The topological polar surface area (TPSA) is 82.3 Å². The summed E-state index contributed by atoms with van der Waals surface area (Å²) in [4.78, 5) is 18.6. The molecule has 1 aromatic heterocycles. The van der Waals surface area contributed by atoms with E-state index in [1.807, 2.05) is 30.0 Å².